The van der Waals surface area contributed by atoms with Crippen molar-refractivity contribution in [2.24, 2.45) is 0 Å². The molecule has 0 atom stereocenters. The maximum absolute atomic E-state index is 12.9. The van der Waals surface area contributed by atoms with Crippen molar-refractivity contribution in [2.75, 3.05) is 5.01 Å². The van der Waals surface area contributed by atoms with Crippen LogP contribution in [0.3, 0.4) is 0 Å². The lowest BCUT2D eigenvalue weighted by atomic mass is 10.1. The molecule has 1 aliphatic rings. The van der Waals surface area contributed by atoms with Gasteiger partial charge in [-0.15, -0.1) is 0 Å². The molecule has 1 aliphatic heterocycles. The predicted octanol–water partition coefficient (Wildman–Crippen LogP) is 2.94. The smallest absolute Gasteiger partial charge is 0.267 e. The number of nitrogens with one attached hydrogen (secondary N) is 1. The summed E-state index contributed by atoms with van der Waals surface area (Å²) in [6, 6.07) is 12.0. The number of carbonyl (C=O) groups excluding carboxylic acids is 2. The van der Waals surface area contributed by atoms with Crippen LogP contribution in [-0.4, -0.2) is 11.8 Å². The van der Waals surface area contributed by atoms with Crippen molar-refractivity contribution in [1.82, 2.24) is 5.43 Å². The SMILES string of the molecule is O=C1NN(c2ccc(Cl)cc2)C(=O)/C1=C/c1ccc(F)cc1. The number of carbonyl (C=O) groups is 2. The van der Waals surface area contributed by atoms with Gasteiger partial charge in [-0.2, -0.15) is 0 Å². The van der Waals surface area contributed by atoms with Gasteiger partial charge in [-0.3, -0.25) is 15.0 Å². The Balaban J connectivity index is 1.91. The van der Waals surface area contributed by atoms with Gasteiger partial charge in [0.1, 0.15) is 11.4 Å². The van der Waals surface area contributed by atoms with E-state index in [2.05, 4.69) is 5.43 Å². The highest BCUT2D eigenvalue weighted by Gasteiger charge is 2.34. The van der Waals surface area contributed by atoms with Crippen LogP contribution in [0, 0.1) is 5.82 Å². The Morgan fingerprint density at radius 1 is 1.00 bits per heavy atom. The van der Waals surface area contributed by atoms with Gasteiger partial charge in [0.15, 0.2) is 0 Å². The largest absolute Gasteiger partial charge is 0.282 e. The molecule has 6 heteroatoms. The van der Waals surface area contributed by atoms with Crippen LogP contribution in [0.1, 0.15) is 5.56 Å². The molecule has 0 bridgehead atoms. The van der Waals surface area contributed by atoms with Crippen LogP contribution in [0.25, 0.3) is 6.08 Å². The molecule has 2 amide bonds. The van der Waals surface area contributed by atoms with Crippen molar-refractivity contribution in [2.45, 2.75) is 0 Å². The van der Waals surface area contributed by atoms with E-state index in [1.807, 2.05) is 0 Å². The van der Waals surface area contributed by atoms with E-state index in [9.17, 15) is 14.0 Å². The second-order valence-electron chi connectivity index (χ2n) is 4.67. The summed E-state index contributed by atoms with van der Waals surface area (Å²) < 4.78 is 12.9. The van der Waals surface area contributed by atoms with E-state index in [1.165, 1.54) is 30.3 Å². The van der Waals surface area contributed by atoms with E-state index in [1.54, 1.807) is 24.3 Å². The van der Waals surface area contributed by atoms with Crippen LogP contribution >= 0.6 is 11.6 Å². The van der Waals surface area contributed by atoms with Crippen molar-refractivity contribution in [3.8, 4) is 0 Å². The molecule has 0 saturated carbocycles. The molecule has 2 aromatic rings. The van der Waals surface area contributed by atoms with Gasteiger partial charge in [0.25, 0.3) is 11.8 Å². The third-order valence-electron chi connectivity index (χ3n) is 3.16. The van der Waals surface area contributed by atoms with Crippen molar-refractivity contribution in [3.05, 3.63) is 70.5 Å². The molecule has 0 aliphatic carbocycles. The van der Waals surface area contributed by atoms with Crippen LogP contribution in [0.15, 0.2) is 54.1 Å². The van der Waals surface area contributed by atoms with E-state index in [0.717, 1.165) is 5.01 Å². The number of nitrogens with zero attached hydrogens (tertiary/aromatic N) is 1. The maximum atomic E-state index is 12.9. The molecule has 4 nitrogen and oxygen atoms in total. The summed E-state index contributed by atoms with van der Waals surface area (Å²) in [6.07, 6.45) is 1.42. The molecule has 1 saturated heterocycles. The Hall–Kier alpha value is -2.66. The molecule has 22 heavy (non-hydrogen) atoms. The first-order chi connectivity index (χ1) is 10.5. The van der Waals surface area contributed by atoms with E-state index >= 15 is 0 Å². The van der Waals surface area contributed by atoms with Gasteiger partial charge in [0.2, 0.25) is 0 Å². The number of hydrogen-bond donors (Lipinski definition) is 1. The van der Waals surface area contributed by atoms with Crippen LogP contribution in [0.4, 0.5) is 10.1 Å². The summed E-state index contributed by atoms with van der Waals surface area (Å²) in [5.74, 6) is -1.37. The maximum Gasteiger partial charge on any atom is 0.282 e. The summed E-state index contributed by atoms with van der Waals surface area (Å²) in [5, 5.41) is 1.68. The molecule has 110 valence electrons. The number of hydrogen-bond acceptors (Lipinski definition) is 2. The Morgan fingerprint density at radius 2 is 1.64 bits per heavy atom. The number of anilines is 1. The number of rotatable bonds is 2. The normalized spacial score (nSPS) is 16.3. The van der Waals surface area contributed by atoms with Crippen LogP contribution in [0.5, 0.6) is 0 Å². The van der Waals surface area contributed by atoms with Gasteiger partial charge < -0.3 is 0 Å². The highest BCUT2D eigenvalue weighted by atomic mass is 35.5. The van der Waals surface area contributed by atoms with Gasteiger partial charge in [-0.05, 0) is 48.0 Å². The summed E-state index contributed by atoms with van der Waals surface area (Å²) >= 11 is 5.80. The molecule has 2 aromatic carbocycles. The van der Waals surface area contributed by atoms with Gasteiger partial charge in [0.05, 0.1) is 5.69 Å². The Bertz CT molecular complexity index is 770. The minimum absolute atomic E-state index is 0.0124. The monoisotopic (exact) mass is 316 g/mol. The fourth-order valence-electron chi connectivity index (χ4n) is 2.06. The summed E-state index contributed by atoms with van der Waals surface area (Å²) in [5.41, 5.74) is 3.54. The molecule has 1 N–H and O–H groups in total. The second kappa shape index (κ2) is 5.61. The first-order valence-electron chi connectivity index (χ1n) is 6.43. The lowest BCUT2D eigenvalue weighted by Gasteiger charge is -2.14. The summed E-state index contributed by atoms with van der Waals surface area (Å²) in [6.45, 7) is 0. The topological polar surface area (TPSA) is 49.4 Å². The third kappa shape index (κ3) is 2.71. The van der Waals surface area contributed by atoms with Crippen LogP contribution < -0.4 is 10.4 Å². The number of amides is 2. The van der Waals surface area contributed by atoms with Crippen molar-refractivity contribution >= 4 is 35.2 Å². The van der Waals surface area contributed by atoms with Crippen molar-refractivity contribution < 1.29 is 14.0 Å². The summed E-state index contributed by atoms with van der Waals surface area (Å²) in [4.78, 5) is 24.3. The first kappa shape index (κ1) is 14.3. The van der Waals surface area contributed by atoms with E-state index in [4.69, 9.17) is 11.6 Å². The highest BCUT2D eigenvalue weighted by molar-refractivity contribution is 6.32. The summed E-state index contributed by atoms with van der Waals surface area (Å²) in [7, 11) is 0. The second-order valence-corrected chi connectivity index (χ2v) is 5.10. The van der Waals surface area contributed by atoms with E-state index < -0.39 is 11.8 Å². The molecule has 0 radical (unpaired) electrons. The minimum Gasteiger partial charge on any atom is -0.267 e. The molecular weight excluding hydrogens is 307 g/mol. The predicted molar refractivity (Wildman–Crippen MR) is 81.5 cm³/mol. The van der Waals surface area contributed by atoms with Gasteiger partial charge in [0, 0.05) is 5.02 Å². The minimum atomic E-state index is -0.510. The van der Waals surface area contributed by atoms with E-state index in [-0.39, 0.29) is 11.4 Å². The zero-order valence-corrected chi connectivity index (χ0v) is 12.0. The third-order valence-corrected chi connectivity index (χ3v) is 3.41. The lowest BCUT2D eigenvalue weighted by molar-refractivity contribution is -0.117. The molecule has 1 fully saturated rings. The number of hydrazine groups is 1. The average Bonchev–Trinajstić information content (AvgIpc) is 2.78. The Morgan fingerprint density at radius 3 is 2.27 bits per heavy atom. The quantitative estimate of drug-likeness (QED) is 0.684. The molecular formula is C16H10ClFN2O2. The van der Waals surface area contributed by atoms with Crippen molar-refractivity contribution in [1.29, 1.82) is 0 Å². The zero-order valence-electron chi connectivity index (χ0n) is 11.2. The molecule has 0 spiro atoms. The fourth-order valence-corrected chi connectivity index (χ4v) is 2.18. The Labute approximate surface area is 130 Å². The van der Waals surface area contributed by atoms with Crippen LogP contribution in [0.2, 0.25) is 5.02 Å². The molecule has 0 unspecified atom stereocenters. The van der Waals surface area contributed by atoms with Crippen LogP contribution in [-0.2, 0) is 9.59 Å². The first-order valence-corrected chi connectivity index (χ1v) is 6.81. The standard InChI is InChI=1S/C16H10ClFN2O2/c17-11-3-7-13(8-4-11)20-16(22)14(15(21)19-20)9-10-1-5-12(18)6-2-10/h1-9H,(H,19,21)/b14-9+. The zero-order chi connectivity index (χ0) is 15.7. The van der Waals surface area contributed by atoms with E-state index in [0.29, 0.717) is 16.3 Å². The fraction of sp³-hybridized carbons (Fsp3) is 0. The number of halogens is 2. The molecule has 3 rings (SSSR count). The number of benzene rings is 2. The molecule has 1 heterocycles. The Kier molecular flexibility index (Phi) is 3.65. The lowest BCUT2D eigenvalue weighted by Crippen LogP contribution is -2.35. The van der Waals surface area contributed by atoms with Gasteiger partial charge in [-0.1, -0.05) is 23.7 Å². The van der Waals surface area contributed by atoms with Gasteiger partial charge in [-0.25, -0.2) is 9.40 Å². The van der Waals surface area contributed by atoms with Gasteiger partial charge >= 0.3 is 0 Å². The average molecular weight is 317 g/mol. The van der Waals surface area contributed by atoms with Crippen molar-refractivity contribution in [3.63, 3.8) is 0 Å². The highest BCUT2D eigenvalue weighted by Crippen LogP contribution is 2.23. The molecule has 0 aromatic heterocycles.